The van der Waals surface area contributed by atoms with Crippen LogP contribution in [0, 0.1) is 0 Å². The molecular formula is C21H26N10. The van der Waals surface area contributed by atoms with Crippen LogP contribution in [0.15, 0.2) is 66.7 Å². The summed E-state index contributed by atoms with van der Waals surface area (Å²) in [4.78, 5) is 8.68. The van der Waals surface area contributed by atoms with Crippen molar-refractivity contribution in [2.45, 2.75) is 19.5 Å². The Balaban J connectivity index is 1.27. The molecule has 10 heteroatoms. The van der Waals surface area contributed by atoms with Crippen LogP contribution < -0.4 is 16.9 Å². The fourth-order valence-corrected chi connectivity index (χ4v) is 3.74. The van der Waals surface area contributed by atoms with E-state index in [1.54, 1.807) is 28.4 Å². The molecule has 0 radical (unpaired) electrons. The second-order valence-corrected chi connectivity index (χ2v) is 7.86. The molecule has 0 unspecified atom stereocenters. The third kappa shape index (κ3) is 4.30. The first-order valence-electron chi connectivity index (χ1n) is 10.3. The zero-order valence-electron chi connectivity index (χ0n) is 17.2. The molecule has 0 aromatic carbocycles. The maximum absolute atomic E-state index is 6.28. The lowest BCUT2D eigenvalue weighted by atomic mass is 10.1. The van der Waals surface area contributed by atoms with Crippen LogP contribution in [0.1, 0.15) is 17.7 Å². The highest BCUT2D eigenvalue weighted by Gasteiger charge is 2.14. The number of dihydropyridines is 1. The van der Waals surface area contributed by atoms with Crippen LogP contribution in [-0.2, 0) is 13.1 Å². The number of likely N-dealkylation sites (tertiary alicyclic amines) is 1. The Kier molecular flexibility index (Phi) is 5.14. The molecule has 0 atom stereocenters. The Hall–Kier alpha value is -3.63. The van der Waals surface area contributed by atoms with Crippen LogP contribution in [0.3, 0.4) is 0 Å². The first-order valence-corrected chi connectivity index (χ1v) is 10.3. The van der Waals surface area contributed by atoms with Gasteiger partial charge < -0.3 is 20.5 Å². The lowest BCUT2D eigenvalue weighted by Gasteiger charge is -2.30. The zero-order valence-corrected chi connectivity index (χ0v) is 17.2. The number of rotatable bonds is 7. The van der Waals surface area contributed by atoms with E-state index in [2.05, 4.69) is 48.1 Å². The number of hydrogen-bond donors (Lipinski definition) is 3. The molecular weight excluding hydrogens is 392 g/mol. The molecule has 160 valence electrons. The van der Waals surface area contributed by atoms with Gasteiger partial charge in [-0.1, -0.05) is 6.07 Å². The molecule has 0 spiro atoms. The van der Waals surface area contributed by atoms with Crippen molar-refractivity contribution in [3.05, 3.63) is 77.9 Å². The summed E-state index contributed by atoms with van der Waals surface area (Å²) in [6.45, 7) is 4.42. The Labute approximate surface area is 180 Å². The molecule has 5 N–H and O–H groups in total. The van der Waals surface area contributed by atoms with E-state index in [-0.39, 0.29) is 0 Å². The van der Waals surface area contributed by atoms with Gasteiger partial charge in [-0.05, 0) is 37.2 Å². The van der Waals surface area contributed by atoms with Crippen LogP contribution >= 0.6 is 0 Å². The van der Waals surface area contributed by atoms with Gasteiger partial charge in [-0.25, -0.2) is 10.8 Å². The number of allylic oxidation sites excluding steroid dienone is 1. The van der Waals surface area contributed by atoms with Gasteiger partial charge in [0.25, 0.3) is 0 Å². The van der Waals surface area contributed by atoms with Gasteiger partial charge in [-0.3, -0.25) is 4.90 Å². The molecule has 10 nitrogen and oxygen atoms in total. The van der Waals surface area contributed by atoms with Crippen molar-refractivity contribution < 1.29 is 0 Å². The number of hydrogen-bond acceptors (Lipinski definition) is 8. The van der Waals surface area contributed by atoms with E-state index in [0.29, 0.717) is 18.8 Å². The fourth-order valence-electron chi connectivity index (χ4n) is 3.74. The lowest BCUT2D eigenvalue weighted by molar-refractivity contribution is 0.172. The molecule has 5 rings (SSSR count). The summed E-state index contributed by atoms with van der Waals surface area (Å²) in [5.74, 6) is 6.21. The van der Waals surface area contributed by atoms with Gasteiger partial charge in [-0.2, -0.15) is 15.0 Å². The van der Waals surface area contributed by atoms with Gasteiger partial charge in [0.2, 0.25) is 0 Å². The van der Waals surface area contributed by atoms with Crippen molar-refractivity contribution in [2.24, 2.45) is 11.6 Å². The Bertz CT molecular complexity index is 1150. The first kappa shape index (κ1) is 19.3. The van der Waals surface area contributed by atoms with Gasteiger partial charge in [-0.15, -0.1) is 0 Å². The Morgan fingerprint density at radius 1 is 1.19 bits per heavy atom. The summed E-state index contributed by atoms with van der Waals surface area (Å²) < 4.78 is 2.06. The number of imidazole rings is 1. The van der Waals surface area contributed by atoms with Crippen LogP contribution in [0.25, 0.3) is 11.3 Å². The highest BCUT2D eigenvalue weighted by atomic mass is 15.5. The van der Waals surface area contributed by atoms with Crippen molar-refractivity contribution in [3.8, 4) is 0 Å². The van der Waals surface area contributed by atoms with E-state index >= 15 is 0 Å². The van der Waals surface area contributed by atoms with Crippen molar-refractivity contribution >= 4 is 11.3 Å². The number of aromatic nitrogens is 5. The largest absolute Gasteiger partial charge is 0.397 e. The number of hydrazine groups is 1. The first-order chi connectivity index (χ1) is 15.1. The second-order valence-electron chi connectivity index (χ2n) is 7.86. The molecule has 31 heavy (non-hydrogen) atoms. The van der Waals surface area contributed by atoms with Gasteiger partial charge >= 0.3 is 0 Å². The summed E-state index contributed by atoms with van der Waals surface area (Å²) in [6.07, 6.45) is 14.3. The van der Waals surface area contributed by atoms with Crippen molar-refractivity contribution in [2.75, 3.05) is 19.6 Å². The van der Waals surface area contributed by atoms with Crippen LogP contribution in [0.4, 0.5) is 0 Å². The Morgan fingerprint density at radius 3 is 2.81 bits per heavy atom. The third-order valence-electron chi connectivity index (χ3n) is 5.44. The normalized spacial score (nSPS) is 17.1. The number of nitrogens with zero attached hydrogens (tertiary/aromatic N) is 7. The maximum atomic E-state index is 6.28. The number of fused-ring (bicyclic) bond motifs is 1. The summed E-state index contributed by atoms with van der Waals surface area (Å²) in [7, 11) is 0. The standard InChI is InChI=1S/C21H26N10/c22-20(17-8-19(10-24-9-17)31-25-4-5-26-31)15-30(23)14-18-13-29-12-16(2-3-21(29)27-18)11-28-6-1-7-28/h2-5,8-9,12-13,15,24H,1,6-7,10-11,14,22-23H2/b20-15-. The number of nitrogens with one attached hydrogen (secondary N) is 1. The highest BCUT2D eigenvalue weighted by molar-refractivity contribution is 5.57. The average Bonchev–Trinajstić information content (AvgIpc) is 3.40. The third-order valence-corrected chi connectivity index (χ3v) is 5.44. The minimum atomic E-state index is 0.446. The van der Waals surface area contributed by atoms with Gasteiger partial charge in [0.1, 0.15) is 5.65 Å². The highest BCUT2D eigenvalue weighted by Crippen LogP contribution is 2.16. The fraction of sp³-hybridized carbons (Fsp3) is 0.286. The molecule has 0 saturated carbocycles. The molecule has 0 bridgehead atoms. The molecule has 1 saturated heterocycles. The van der Waals surface area contributed by atoms with Gasteiger partial charge in [0, 0.05) is 36.9 Å². The van der Waals surface area contributed by atoms with E-state index < -0.39 is 0 Å². The quantitative estimate of drug-likeness (QED) is 0.378. The minimum Gasteiger partial charge on any atom is -0.397 e. The predicted octanol–water partition coefficient (Wildman–Crippen LogP) is 0.635. The summed E-state index contributed by atoms with van der Waals surface area (Å²) in [5.41, 5.74) is 11.6. The van der Waals surface area contributed by atoms with E-state index in [0.717, 1.165) is 29.2 Å². The van der Waals surface area contributed by atoms with Gasteiger partial charge in [0.15, 0.2) is 0 Å². The molecule has 2 aliphatic rings. The predicted molar refractivity (Wildman–Crippen MR) is 117 cm³/mol. The summed E-state index contributed by atoms with van der Waals surface area (Å²) in [5, 5.41) is 13.1. The molecule has 5 heterocycles. The monoisotopic (exact) mass is 418 g/mol. The van der Waals surface area contributed by atoms with E-state index in [9.17, 15) is 0 Å². The molecule has 1 fully saturated rings. The molecule has 0 aliphatic carbocycles. The second kappa shape index (κ2) is 8.25. The number of pyridine rings is 1. The van der Waals surface area contributed by atoms with Gasteiger partial charge in [0.05, 0.1) is 42.6 Å². The average molecular weight is 419 g/mol. The smallest absolute Gasteiger partial charge is 0.137 e. The van der Waals surface area contributed by atoms with E-state index in [4.69, 9.17) is 11.6 Å². The van der Waals surface area contributed by atoms with Crippen LogP contribution in [0.5, 0.6) is 0 Å². The Morgan fingerprint density at radius 2 is 2.03 bits per heavy atom. The van der Waals surface area contributed by atoms with E-state index in [1.807, 2.05) is 18.5 Å². The summed E-state index contributed by atoms with van der Waals surface area (Å²) in [6, 6.07) is 4.20. The lowest BCUT2D eigenvalue weighted by Crippen LogP contribution is -2.36. The summed E-state index contributed by atoms with van der Waals surface area (Å²) >= 11 is 0. The number of nitrogens with two attached hydrogens (primary N) is 2. The maximum Gasteiger partial charge on any atom is 0.137 e. The minimum absolute atomic E-state index is 0.446. The van der Waals surface area contributed by atoms with Crippen molar-refractivity contribution in [1.29, 1.82) is 0 Å². The SMILES string of the molecule is N/C(=C\N(N)Cc1cn2cc(CN3CCC3)ccc2n1)C1=CNCC(n2nccn2)=C1. The van der Waals surface area contributed by atoms with E-state index in [1.165, 1.54) is 25.1 Å². The van der Waals surface area contributed by atoms with Crippen molar-refractivity contribution in [1.82, 2.24) is 39.6 Å². The molecule has 0 amide bonds. The molecule has 3 aromatic rings. The van der Waals surface area contributed by atoms with Crippen molar-refractivity contribution in [3.63, 3.8) is 0 Å². The van der Waals surface area contributed by atoms with Crippen LogP contribution in [0.2, 0.25) is 0 Å². The van der Waals surface area contributed by atoms with Crippen LogP contribution in [-0.4, -0.2) is 53.9 Å². The molecule has 3 aromatic heterocycles. The molecule has 2 aliphatic heterocycles. The topological polar surface area (TPSA) is 119 Å². The zero-order chi connectivity index (χ0) is 21.2.